The summed E-state index contributed by atoms with van der Waals surface area (Å²) in [6.45, 7) is 10.9. The Morgan fingerprint density at radius 3 is 1.25 bits per heavy atom. The summed E-state index contributed by atoms with van der Waals surface area (Å²) in [5.41, 5.74) is 0.737. The zero-order chi connectivity index (χ0) is 18.4. The molecule has 0 heterocycles. The molecule has 0 fully saturated rings. The van der Waals surface area contributed by atoms with E-state index in [4.69, 9.17) is 9.47 Å². The van der Waals surface area contributed by atoms with Gasteiger partial charge in [-0.2, -0.15) is 0 Å². The highest BCUT2D eigenvalue weighted by Crippen LogP contribution is 2.12. The Labute approximate surface area is 144 Å². The predicted molar refractivity (Wildman–Crippen MR) is 96.2 cm³/mol. The molecule has 0 aliphatic rings. The van der Waals surface area contributed by atoms with E-state index in [9.17, 15) is 9.59 Å². The fraction of sp³-hybridized carbons (Fsp3) is 0.400. The van der Waals surface area contributed by atoms with E-state index < -0.39 is 11.2 Å². The smallest absolute Gasteiger partial charge is 0.331 e. The highest BCUT2D eigenvalue weighted by atomic mass is 16.6. The van der Waals surface area contributed by atoms with Crippen LogP contribution >= 0.6 is 0 Å². The third-order valence-electron chi connectivity index (χ3n) is 2.57. The lowest BCUT2D eigenvalue weighted by atomic mass is 10.1. The molecule has 4 nitrogen and oxygen atoms in total. The van der Waals surface area contributed by atoms with Crippen molar-refractivity contribution in [1.82, 2.24) is 0 Å². The Balaban J connectivity index is 2.63. The maximum atomic E-state index is 11.6. The minimum atomic E-state index is -0.502. The molecule has 0 unspecified atom stereocenters. The molecule has 0 saturated heterocycles. The Kier molecular flexibility index (Phi) is 6.52. The predicted octanol–water partition coefficient (Wildman–Crippen LogP) is 4.40. The number of rotatable bonds is 4. The van der Waals surface area contributed by atoms with Gasteiger partial charge in [0.2, 0.25) is 0 Å². The number of carbonyl (C=O) groups is 2. The molecule has 0 atom stereocenters. The highest BCUT2D eigenvalue weighted by Gasteiger charge is 2.14. The number of ether oxygens (including phenoxy) is 2. The monoisotopic (exact) mass is 330 g/mol. The molecular formula is C20H26O4. The average molecular weight is 330 g/mol. The first-order valence-electron chi connectivity index (χ1n) is 7.87. The number of hydrogen-bond donors (Lipinski definition) is 0. The molecule has 0 amide bonds. The van der Waals surface area contributed by atoms with Crippen molar-refractivity contribution in [2.24, 2.45) is 0 Å². The first-order valence-corrected chi connectivity index (χ1v) is 7.87. The number of benzene rings is 1. The van der Waals surface area contributed by atoms with Crippen LogP contribution in [-0.4, -0.2) is 23.1 Å². The lowest BCUT2D eigenvalue weighted by molar-refractivity contribution is -0.149. The molecule has 1 rings (SSSR count). The van der Waals surface area contributed by atoms with E-state index in [-0.39, 0.29) is 11.9 Å². The van der Waals surface area contributed by atoms with Crippen LogP contribution in [0.4, 0.5) is 0 Å². The van der Waals surface area contributed by atoms with Gasteiger partial charge in [0.05, 0.1) is 0 Å². The summed E-state index contributed by atoms with van der Waals surface area (Å²) in [5.74, 6) is -0.757. The highest BCUT2D eigenvalue weighted by molar-refractivity contribution is 5.88. The molecule has 1 aromatic carbocycles. The van der Waals surface area contributed by atoms with Crippen molar-refractivity contribution in [2.45, 2.75) is 52.7 Å². The van der Waals surface area contributed by atoms with Gasteiger partial charge in [-0.05, 0) is 64.8 Å². The van der Waals surface area contributed by atoms with E-state index in [1.807, 2.05) is 65.8 Å². The van der Waals surface area contributed by atoms with Gasteiger partial charge in [0.25, 0.3) is 0 Å². The van der Waals surface area contributed by atoms with Crippen LogP contribution in [0.3, 0.4) is 0 Å². The minimum absolute atomic E-state index is 0.378. The Bertz CT molecular complexity index is 566. The summed E-state index contributed by atoms with van der Waals surface area (Å²) in [6.07, 6.45) is 6.18. The third-order valence-corrected chi connectivity index (χ3v) is 2.57. The van der Waals surface area contributed by atoms with E-state index in [1.54, 1.807) is 12.2 Å². The van der Waals surface area contributed by atoms with Crippen molar-refractivity contribution in [3.63, 3.8) is 0 Å². The van der Waals surface area contributed by atoms with Gasteiger partial charge in [0, 0.05) is 12.2 Å². The second kappa shape index (κ2) is 7.95. The van der Waals surface area contributed by atoms with Crippen LogP contribution in [0.25, 0.3) is 12.2 Å². The van der Waals surface area contributed by atoms with E-state index in [0.29, 0.717) is 0 Å². The third kappa shape index (κ3) is 8.93. The van der Waals surface area contributed by atoms with E-state index >= 15 is 0 Å². The summed E-state index contributed by atoms with van der Waals surface area (Å²) < 4.78 is 10.4. The lowest BCUT2D eigenvalue weighted by Crippen LogP contribution is -2.22. The van der Waals surface area contributed by atoms with Crippen LogP contribution in [-0.2, 0) is 19.1 Å². The second-order valence-corrected chi connectivity index (χ2v) is 7.40. The van der Waals surface area contributed by atoms with E-state index in [1.165, 1.54) is 12.2 Å². The van der Waals surface area contributed by atoms with Gasteiger partial charge in [-0.3, -0.25) is 0 Å². The number of esters is 2. The summed E-state index contributed by atoms with van der Waals surface area (Å²) in [5, 5.41) is 0. The quantitative estimate of drug-likeness (QED) is 0.606. The summed E-state index contributed by atoms with van der Waals surface area (Å²) in [4.78, 5) is 23.2. The molecule has 0 N–H and O–H groups in total. The molecule has 0 radical (unpaired) electrons. The lowest BCUT2D eigenvalue weighted by Gasteiger charge is -2.18. The fourth-order valence-electron chi connectivity index (χ4n) is 1.72. The Morgan fingerprint density at radius 1 is 0.708 bits per heavy atom. The molecule has 0 aromatic heterocycles. The van der Waals surface area contributed by atoms with Crippen LogP contribution in [0.15, 0.2) is 36.4 Å². The number of hydrogen-bond acceptors (Lipinski definition) is 4. The van der Waals surface area contributed by atoms with Gasteiger partial charge >= 0.3 is 11.9 Å². The van der Waals surface area contributed by atoms with Crippen LogP contribution in [0.1, 0.15) is 52.7 Å². The summed E-state index contributed by atoms with van der Waals surface area (Å²) in [6, 6.07) is 7.43. The molecular weight excluding hydrogens is 304 g/mol. The van der Waals surface area contributed by atoms with Gasteiger partial charge in [-0.25, -0.2) is 9.59 Å². The van der Waals surface area contributed by atoms with Crippen molar-refractivity contribution in [1.29, 1.82) is 0 Å². The van der Waals surface area contributed by atoms with Gasteiger partial charge < -0.3 is 9.47 Å². The van der Waals surface area contributed by atoms with Crippen LogP contribution < -0.4 is 0 Å². The Morgan fingerprint density at radius 2 is 1.00 bits per heavy atom. The SMILES string of the molecule is CC(C)(C)OC(=O)C=Cc1ccc(/C=C\C(=O)OC(C)(C)C)cc1. The molecule has 0 bridgehead atoms. The molecule has 0 spiro atoms. The summed E-state index contributed by atoms with van der Waals surface area (Å²) >= 11 is 0. The van der Waals surface area contributed by atoms with Gasteiger partial charge in [-0.1, -0.05) is 24.3 Å². The van der Waals surface area contributed by atoms with Crippen LogP contribution in [0.5, 0.6) is 0 Å². The maximum absolute atomic E-state index is 11.6. The standard InChI is InChI=1S/C20H26O4/c1-19(2,3)23-17(21)13-11-15-7-9-16(10-8-15)12-14-18(22)24-20(4,5)6/h7-14H,1-6H3/b13-11-,14-12?. The van der Waals surface area contributed by atoms with E-state index in [2.05, 4.69) is 0 Å². The van der Waals surface area contributed by atoms with E-state index in [0.717, 1.165) is 11.1 Å². The van der Waals surface area contributed by atoms with Crippen molar-refractivity contribution in [2.75, 3.05) is 0 Å². The average Bonchev–Trinajstić information content (AvgIpc) is 2.40. The molecule has 0 saturated carbocycles. The maximum Gasteiger partial charge on any atom is 0.331 e. The van der Waals surface area contributed by atoms with Crippen LogP contribution in [0, 0.1) is 0 Å². The molecule has 1 aromatic rings. The Hall–Kier alpha value is -2.36. The first-order chi connectivity index (χ1) is 10.9. The number of carbonyl (C=O) groups excluding carboxylic acids is 2. The zero-order valence-electron chi connectivity index (χ0n) is 15.3. The largest absolute Gasteiger partial charge is 0.457 e. The topological polar surface area (TPSA) is 52.6 Å². The van der Waals surface area contributed by atoms with Crippen molar-refractivity contribution in [3.05, 3.63) is 47.5 Å². The summed E-state index contributed by atoms with van der Waals surface area (Å²) in [7, 11) is 0. The first kappa shape index (κ1) is 19.7. The van der Waals surface area contributed by atoms with Gasteiger partial charge in [0.15, 0.2) is 0 Å². The molecule has 0 aliphatic carbocycles. The molecule has 4 heteroatoms. The van der Waals surface area contributed by atoms with Crippen molar-refractivity contribution >= 4 is 24.1 Å². The second-order valence-electron chi connectivity index (χ2n) is 7.40. The van der Waals surface area contributed by atoms with Gasteiger partial charge in [0.1, 0.15) is 11.2 Å². The minimum Gasteiger partial charge on any atom is -0.457 e. The molecule has 24 heavy (non-hydrogen) atoms. The van der Waals surface area contributed by atoms with Crippen molar-refractivity contribution < 1.29 is 19.1 Å². The fourth-order valence-corrected chi connectivity index (χ4v) is 1.72. The molecule has 130 valence electrons. The van der Waals surface area contributed by atoms with Gasteiger partial charge in [-0.15, -0.1) is 0 Å². The zero-order valence-corrected chi connectivity index (χ0v) is 15.3. The van der Waals surface area contributed by atoms with Crippen LogP contribution in [0.2, 0.25) is 0 Å². The van der Waals surface area contributed by atoms with Crippen molar-refractivity contribution in [3.8, 4) is 0 Å². The normalized spacial score (nSPS) is 12.6. The molecule has 0 aliphatic heterocycles.